The second-order valence-electron chi connectivity index (χ2n) is 9.02. The van der Waals surface area contributed by atoms with Gasteiger partial charge in [0.05, 0.1) is 5.41 Å². The van der Waals surface area contributed by atoms with Crippen LogP contribution in [0.4, 0.5) is 5.13 Å². The molecule has 38 heavy (non-hydrogen) atoms. The number of carbonyl (C=O) groups excluding carboxylic acids is 5. The van der Waals surface area contributed by atoms with E-state index in [0.717, 1.165) is 16.2 Å². The number of rotatable bonds is 9. The number of nitrogens with zero attached hydrogens (tertiary/aromatic N) is 3. The predicted molar refractivity (Wildman–Crippen MR) is 135 cm³/mol. The summed E-state index contributed by atoms with van der Waals surface area (Å²) in [4.78, 5) is 72.3. The standard InChI is InChI=1S/C22H27N5O9S2/c1-10(28)34-6-11-7-37-18-14(25-16(29)13(26-33-5)12-8-38-21(23)24-12)17(30)27(18)15(11)19(31)35-9-36-20(32)22(2,3)4/h8,14,18H,6-7,9H2,1-5H3,(H2,23,24)(H,25,29)/t14-,18+/m0/s1. The van der Waals surface area contributed by atoms with Crippen molar-refractivity contribution in [1.29, 1.82) is 0 Å². The molecule has 2 amide bonds. The molecular formula is C22H27N5O9S2. The van der Waals surface area contributed by atoms with E-state index in [1.54, 1.807) is 20.8 Å². The van der Waals surface area contributed by atoms with Gasteiger partial charge in [-0.05, 0) is 20.8 Å². The first-order valence-corrected chi connectivity index (χ1v) is 13.1. The van der Waals surface area contributed by atoms with E-state index in [9.17, 15) is 24.0 Å². The highest BCUT2D eigenvalue weighted by atomic mass is 32.2. The van der Waals surface area contributed by atoms with Crippen molar-refractivity contribution in [2.24, 2.45) is 10.6 Å². The lowest BCUT2D eigenvalue weighted by atomic mass is 9.98. The fraction of sp³-hybridized carbons (Fsp3) is 0.500. The van der Waals surface area contributed by atoms with E-state index in [-0.39, 0.29) is 34.6 Å². The first kappa shape index (κ1) is 28.9. The molecule has 16 heteroatoms. The van der Waals surface area contributed by atoms with E-state index in [1.165, 1.54) is 31.2 Å². The topological polar surface area (TPSA) is 189 Å². The molecule has 1 saturated heterocycles. The molecule has 2 atom stereocenters. The van der Waals surface area contributed by atoms with Crippen molar-refractivity contribution in [2.45, 2.75) is 39.1 Å². The van der Waals surface area contributed by atoms with Gasteiger partial charge in [0.15, 0.2) is 10.8 Å². The van der Waals surface area contributed by atoms with Crippen LogP contribution in [-0.2, 0) is 43.0 Å². The lowest BCUT2D eigenvalue weighted by Crippen LogP contribution is -2.71. The Balaban J connectivity index is 1.77. The zero-order valence-corrected chi connectivity index (χ0v) is 22.9. The summed E-state index contributed by atoms with van der Waals surface area (Å²) < 4.78 is 15.1. The number of amides is 2. The lowest BCUT2D eigenvalue weighted by molar-refractivity contribution is -0.173. The third-order valence-corrected chi connectivity index (χ3v) is 7.15. The number of ether oxygens (including phenoxy) is 3. The summed E-state index contributed by atoms with van der Waals surface area (Å²) >= 11 is 2.35. The number of fused-ring (bicyclic) bond motifs is 1. The Labute approximate surface area is 225 Å². The number of aromatic nitrogens is 1. The second kappa shape index (κ2) is 11.8. The van der Waals surface area contributed by atoms with Crippen LogP contribution in [-0.4, -0.2) is 83.0 Å². The third-order valence-electron chi connectivity index (χ3n) is 5.13. The quantitative estimate of drug-likeness (QED) is 0.137. The predicted octanol–water partition coefficient (Wildman–Crippen LogP) is 0.383. The summed E-state index contributed by atoms with van der Waals surface area (Å²) in [6.45, 7) is 5.20. The summed E-state index contributed by atoms with van der Waals surface area (Å²) in [6.07, 6.45) is 0. The maximum absolute atomic E-state index is 13.1. The molecule has 3 rings (SSSR count). The van der Waals surface area contributed by atoms with Crippen LogP contribution >= 0.6 is 23.1 Å². The largest absolute Gasteiger partial charge is 0.461 e. The fourth-order valence-electron chi connectivity index (χ4n) is 3.29. The molecule has 0 radical (unpaired) electrons. The van der Waals surface area contributed by atoms with Gasteiger partial charge in [-0.15, -0.1) is 23.1 Å². The van der Waals surface area contributed by atoms with Gasteiger partial charge in [-0.25, -0.2) is 9.78 Å². The third kappa shape index (κ3) is 6.42. The zero-order valence-electron chi connectivity index (χ0n) is 21.3. The van der Waals surface area contributed by atoms with E-state index in [2.05, 4.69) is 15.5 Å². The Bertz CT molecular complexity index is 1200. The molecule has 0 saturated carbocycles. The van der Waals surface area contributed by atoms with Gasteiger partial charge in [-0.1, -0.05) is 5.16 Å². The number of anilines is 1. The van der Waals surface area contributed by atoms with Crippen molar-refractivity contribution < 1.29 is 43.0 Å². The molecule has 206 valence electrons. The number of carbonyl (C=O) groups is 5. The summed E-state index contributed by atoms with van der Waals surface area (Å²) in [5.41, 5.74) is 5.00. The summed E-state index contributed by atoms with van der Waals surface area (Å²) in [6, 6.07) is -1.01. The molecule has 0 aliphatic carbocycles. The van der Waals surface area contributed by atoms with Crippen molar-refractivity contribution in [3.63, 3.8) is 0 Å². The van der Waals surface area contributed by atoms with Crippen molar-refractivity contribution in [3.05, 3.63) is 22.3 Å². The number of thioether (sulfide) groups is 1. The van der Waals surface area contributed by atoms with Gasteiger partial charge in [-0.2, -0.15) is 0 Å². The Hall–Kier alpha value is -3.66. The average molecular weight is 570 g/mol. The summed E-state index contributed by atoms with van der Waals surface area (Å²) in [5, 5.41) is 7.35. The van der Waals surface area contributed by atoms with Gasteiger partial charge >= 0.3 is 17.9 Å². The van der Waals surface area contributed by atoms with Crippen LogP contribution in [0.15, 0.2) is 21.8 Å². The fourth-order valence-corrected chi connectivity index (χ4v) is 5.17. The number of thiazole rings is 1. The Morgan fingerprint density at radius 2 is 1.95 bits per heavy atom. The number of nitrogen functional groups attached to an aromatic ring is 1. The van der Waals surface area contributed by atoms with Crippen molar-refractivity contribution in [2.75, 3.05) is 32.0 Å². The molecule has 1 aromatic heterocycles. The lowest BCUT2D eigenvalue weighted by Gasteiger charge is -2.49. The molecule has 0 aromatic carbocycles. The van der Waals surface area contributed by atoms with Crippen molar-refractivity contribution in [1.82, 2.24) is 15.2 Å². The van der Waals surface area contributed by atoms with Crippen molar-refractivity contribution in [3.8, 4) is 0 Å². The van der Waals surface area contributed by atoms with E-state index < -0.39 is 53.3 Å². The van der Waals surface area contributed by atoms with Crippen LogP contribution < -0.4 is 11.1 Å². The van der Waals surface area contributed by atoms with Crippen LogP contribution in [0.1, 0.15) is 33.4 Å². The first-order chi connectivity index (χ1) is 17.8. The van der Waals surface area contributed by atoms with Gasteiger partial charge in [0, 0.05) is 23.6 Å². The van der Waals surface area contributed by atoms with Crippen LogP contribution in [0, 0.1) is 5.41 Å². The molecular weight excluding hydrogens is 542 g/mol. The Kier molecular flexibility index (Phi) is 8.98. The average Bonchev–Trinajstić information content (AvgIpc) is 3.28. The van der Waals surface area contributed by atoms with E-state index in [1.807, 2.05) is 0 Å². The Morgan fingerprint density at radius 3 is 2.53 bits per heavy atom. The molecule has 2 aliphatic rings. The van der Waals surface area contributed by atoms with E-state index >= 15 is 0 Å². The molecule has 14 nitrogen and oxygen atoms in total. The molecule has 2 aliphatic heterocycles. The highest BCUT2D eigenvalue weighted by Gasteiger charge is 2.55. The maximum atomic E-state index is 13.1. The minimum atomic E-state index is -1.01. The molecule has 0 spiro atoms. The minimum absolute atomic E-state index is 0.143. The molecule has 3 N–H and O–H groups in total. The van der Waals surface area contributed by atoms with Gasteiger partial charge in [0.2, 0.25) is 6.79 Å². The molecule has 1 aromatic rings. The number of β-lactam (4-membered cyclic amide) rings is 1. The Morgan fingerprint density at radius 1 is 1.24 bits per heavy atom. The maximum Gasteiger partial charge on any atom is 0.358 e. The molecule has 0 unspecified atom stereocenters. The van der Waals surface area contributed by atoms with Gasteiger partial charge in [0.1, 0.15) is 36.5 Å². The van der Waals surface area contributed by atoms with E-state index in [0.29, 0.717) is 5.57 Å². The van der Waals surface area contributed by atoms with Crippen LogP contribution in [0.2, 0.25) is 0 Å². The van der Waals surface area contributed by atoms with Crippen molar-refractivity contribution >= 4 is 63.7 Å². The highest BCUT2D eigenvalue weighted by Crippen LogP contribution is 2.40. The summed E-state index contributed by atoms with van der Waals surface area (Å²) in [7, 11) is 1.25. The van der Waals surface area contributed by atoms with E-state index in [4.69, 9.17) is 24.8 Å². The molecule has 1 fully saturated rings. The minimum Gasteiger partial charge on any atom is -0.461 e. The van der Waals surface area contributed by atoms with Crippen LogP contribution in [0.5, 0.6) is 0 Å². The smallest absolute Gasteiger partial charge is 0.358 e. The molecule has 0 bridgehead atoms. The summed E-state index contributed by atoms with van der Waals surface area (Å²) in [5.74, 6) is -3.26. The van der Waals surface area contributed by atoms with Gasteiger partial charge in [0.25, 0.3) is 11.8 Å². The number of hydrogen-bond donors (Lipinski definition) is 2. The van der Waals surface area contributed by atoms with Crippen LogP contribution in [0.3, 0.4) is 0 Å². The first-order valence-electron chi connectivity index (χ1n) is 11.1. The zero-order chi connectivity index (χ0) is 28.2. The number of esters is 3. The number of oxime groups is 1. The van der Waals surface area contributed by atoms with Gasteiger partial charge in [-0.3, -0.25) is 24.1 Å². The SMILES string of the molecule is CON=C(C(=O)N[C@H]1C(=O)N2C(C(=O)OCOC(=O)C(C)(C)C)=C(COC(C)=O)CS[C@H]12)c1csc(N)n1. The number of hydrogen-bond acceptors (Lipinski definition) is 14. The second-order valence-corrected chi connectivity index (χ2v) is 11.0. The van der Waals surface area contributed by atoms with Crippen LogP contribution in [0.25, 0.3) is 0 Å². The number of nitrogens with two attached hydrogens (primary N) is 1. The monoisotopic (exact) mass is 569 g/mol. The highest BCUT2D eigenvalue weighted by molar-refractivity contribution is 8.00. The van der Waals surface area contributed by atoms with Gasteiger partial charge < -0.3 is 30.1 Å². The number of nitrogens with one attached hydrogen (secondary N) is 1. The normalized spacial score (nSPS) is 19.2. The molecule has 3 heterocycles.